The van der Waals surface area contributed by atoms with Crippen molar-refractivity contribution in [1.82, 2.24) is 14.3 Å². The Morgan fingerprint density at radius 3 is 2.46 bits per heavy atom. The third-order valence-corrected chi connectivity index (χ3v) is 5.78. The molecule has 0 N–H and O–H groups in total. The Morgan fingerprint density at radius 2 is 1.68 bits per heavy atom. The van der Waals surface area contributed by atoms with E-state index in [1.807, 2.05) is 47.4 Å². The highest BCUT2D eigenvalue weighted by Gasteiger charge is 2.24. The predicted molar refractivity (Wildman–Crippen MR) is 115 cm³/mol. The van der Waals surface area contributed by atoms with Gasteiger partial charge in [0.2, 0.25) is 0 Å². The van der Waals surface area contributed by atoms with Crippen molar-refractivity contribution < 1.29 is 4.79 Å². The van der Waals surface area contributed by atoms with Gasteiger partial charge in [0.25, 0.3) is 5.91 Å². The zero-order valence-corrected chi connectivity index (χ0v) is 16.8. The van der Waals surface area contributed by atoms with Gasteiger partial charge in [-0.2, -0.15) is 0 Å². The highest BCUT2D eigenvalue weighted by Crippen LogP contribution is 2.28. The van der Waals surface area contributed by atoms with Gasteiger partial charge >= 0.3 is 0 Å². The van der Waals surface area contributed by atoms with Gasteiger partial charge in [0.05, 0.1) is 16.6 Å². The summed E-state index contributed by atoms with van der Waals surface area (Å²) in [5.74, 6) is 1.07. The second-order valence-corrected chi connectivity index (χ2v) is 7.89. The first kappa shape index (κ1) is 17.3. The lowest BCUT2D eigenvalue weighted by Gasteiger charge is -2.35. The molecular formula is C22H19BrN4O. The van der Waals surface area contributed by atoms with Crippen molar-refractivity contribution in [3.05, 3.63) is 76.9 Å². The van der Waals surface area contributed by atoms with Crippen molar-refractivity contribution in [1.29, 1.82) is 0 Å². The van der Waals surface area contributed by atoms with Crippen LogP contribution >= 0.6 is 15.9 Å². The van der Waals surface area contributed by atoms with Crippen molar-refractivity contribution in [2.45, 2.75) is 0 Å². The number of fused-ring (bicyclic) bond motifs is 3. The first-order valence-corrected chi connectivity index (χ1v) is 10.2. The van der Waals surface area contributed by atoms with Crippen LogP contribution in [0.15, 0.2) is 71.3 Å². The first-order valence-electron chi connectivity index (χ1n) is 9.36. The molecule has 6 heteroatoms. The SMILES string of the molecule is O=C(c1ccccc1)N1CCN(c2nc3cc(Br)ccc3n3cccc23)CC1. The normalized spacial score (nSPS) is 14.8. The summed E-state index contributed by atoms with van der Waals surface area (Å²) in [7, 11) is 0. The van der Waals surface area contributed by atoms with Crippen LogP contribution in [0, 0.1) is 0 Å². The van der Waals surface area contributed by atoms with Gasteiger partial charge in [-0.25, -0.2) is 4.98 Å². The molecule has 0 atom stereocenters. The smallest absolute Gasteiger partial charge is 0.253 e. The van der Waals surface area contributed by atoms with E-state index in [2.05, 4.69) is 49.6 Å². The van der Waals surface area contributed by atoms with Crippen molar-refractivity contribution in [3.8, 4) is 0 Å². The van der Waals surface area contributed by atoms with Gasteiger partial charge in [-0.3, -0.25) is 4.79 Å². The molecular weight excluding hydrogens is 416 g/mol. The minimum absolute atomic E-state index is 0.100. The van der Waals surface area contributed by atoms with E-state index in [-0.39, 0.29) is 5.91 Å². The fourth-order valence-electron chi connectivity index (χ4n) is 3.85. The molecule has 0 aliphatic carbocycles. The third kappa shape index (κ3) is 2.94. The van der Waals surface area contributed by atoms with E-state index in [4.69, 9.17) is 4.98 Å². The van der Waals surface area contributed by atoms with Crippen LogP contribution in [0.4, 0.5) is 5.82 Å². The summed E-state index contributed by atoms with van der Waals surface area (Å²) in [6.45, 7) is 2.93. The molecule has 5 rings (SSSR count). The lowest BCUT2D eigenvalue weighted by molar-refractivity contribution is 0.0746. The Bertz CT molecular complexity index is 1160. The molecule has 0 bridgehead atoms. The molecule has 140 valence electrons. The molecule has 0 spiro atoms. The monoisotopic (exact) mass is 434 g/mol. The van der Waals surface area contributed by atoms with Gasteiger partial charge < -0.3 is 14.2 Å². The zero-order chi connectivity index (χ0) is 19.1. The Labute approximate surface area is 171 Å². The molecule has 0 unspecified atom stereocenters. The molecule has 2 aromatic carbocycles. The molecule has 1 aliphatic rings. The summed E-state index contributed by atoms with van der Waals surface area (Å²) in [5.41, 5.74) is 3.89. The van der Waals surface area contributed by atoms with Gasteiger partial charge in [-0.1, -0.05) is 34.1 Å². The topological polar surface area (TPSA) is 40.9 Å². The van der Waals surface area contributed by atoms with E-state index in [1.165, 1.54) is 0 Å². The highest BCUT2D eigenvalue weighted by molar-refractivity contribution is 9.10. The average Bonchev–Trinajstić information content (AvgIpc) is 3.23. The number of anilines is 1. The van der Waals surface area contributed by atoms with E-state index in [9.17, 15) is 4.79 Å². The molecule has 1 fully saturated rings. The van der Waals surface area contributed by atoms with E-state index in [0.717, 1.165) is 45.5 Å². The maximum absolute atomic E-state index is 12.7. The van der Waals surface area contributed by atoms with Crippen molar-refractivity contribution >= 4 is 44.2 Å². The summed E-state index contributed by atoms with van der Waals surface area (Å²) in [6.07, 6.45) is 2.08. The van der Waals surface area contributed by atoms with Crippen LogP contribution in [0.25, 0.3) is 16.6 Å². The number of rotatable bonds is 2. The van der Waals surface area contributed by atoms with Crippen molar-refractivity contribution in [3.63, 3.8) is 0 Å². The van der Waals surface area contributed by atoms with Gasteiger partial charge in [0.1, 0.15) is 0 Å². The van der Waals surface area contributed by atoms with Gasteiger partial charge in [0, 0.05) is 42.4 Å². The van der Waals surface area contributed by atoms with Crippen LogP contribution < -0.4 is 4.90 Å². The summed E-state index contributed by atoms with van der Waals surface area (Å²) in [5, 5.41) is 0. The van der Waals surface area contributed by atoms with Gasteiger partial charge in [-0.15, -0.1) is 0 Å². The Kier molecular flexibility index (Phi) is 4.28. The van der Waals surface area contributed by atoms with Crippen LogP contribution in [0.1, 0.15) is 10.4 Å². The number of nitrogens with zero attached hydrogens (tertiary/aromatic N) is 4. The van der Waals surface area contributed by atoms with Gasteiger partial charge in [0.15, 0.2) is 5.82 Å². The number of amides is 1. The average molecular weight is 435 g/mol. The second kappa shape index (κ2) is 6.95. The number of piperazine rings is 1. The number of hydrogen-bond acceptors (Lipinski definition) is 3. The summed E-state index contributed by atoms with van der Waals surface area (Å²) in [6, 6.07) is 19.8. The molecule has 1 aliphatic heterocycles. The van der Waals surface area contributed by atoms with Gasteiger partial charge in [-0.05, 0) is 42.5 Å². The summed E-state index contributed by atoms with van der Waals surface area (Å²) < 4.78 is 3.20. The van der Waals surface area contributed by atoms with Crippen LogP contribution in [0.3, 0.4) is 0 Å². The lowest BCUT2D eigenvalue weighted by Crippen LogP contribution is -2.49. The number of hydrogen-bond donors (Lipinski definition) is 0. The molecule has 28 heavy (non-hydrogen) atoms. The van der Waals surface area contributed by atoms with E-state index >= 15 is 0 Å². The third-order valence-electron chi connectivity index (χ3n) is 5.29. The standard InChI is InChI=1S/C22H19BrN4O/c23-17-8-9-19-18(15-17)24-21(20-7-4-10-27(19)20)25-11-13-26(14-12-25)22(28)16-5-2-1-3-6-16/h1-10,15H,11-14H2. The van der Waals surface area contributed by atoms with Crippen LogP contribution in [0.5, 0.6) is 0 Å². The largest absolute Gasteiger partial charge is 0.351 e. The molecule has 1 saturated heterocycles. The second-order valence-electron chi connectivity index (χ2n) is 6.98. The first-order chi connectivity index (χ1) is 13.7. The fraction of sp³-hybridized carbons (Fsp3) is 0.182. The number of carbonyl (C=O) groups excluding carboxylic acids is 1. The maximum atomic E-state index is 12.7. The quantitative estimate of drug-likeness (QED) is 0.474. The molecule has 0 radical (unpaired) electrons. The molecule has 2 aromatic heterocycles. The van der Waals surface area contributed by atoms with Crippen LogP contribution in [-0.2, 0) is 0 Å². The maximum Gasteiger partial charge on any atom is 0.253 e. The fourth-order valence-corrected chi connectivity index (χ4v) is 4.20. The lowest BCUT2D eigenvalue weighted by atomic mass is 10.2. The predicted octanol–water partition coefficient (Wildman–Crippen LogP) is 4.21. The molecule has 3 heterocycles. The van der Waals surface area contributed by atoms with Crippen molar-refractivity contribution in [2.75, 3.05) is 31.1 Å². The minimum Gasteiger partial charge on any atom is -0.351 e. The highest BCUT2D eigenvalue weighted by atomic mass is 79.9. The molecule has 0 saturated carbocycles. The number of halogens is 1. The van der Waals surface area contributed by atoms with Crippen molar-refractivity contribution in [2.24, 2.45) is 0 Å². The zero-order valence-electron chi connectivity index (χ0n) is 15.3. The Balaban J connectivity index is 1.44. The summed E-state index contributed by atoms with van der Waals surface area (Å²) in [4.78, 5) is 21.9. The van der Waals surface area contributed by atoms with Crippen LogP contribution in [-0.4, -0.2) is 46.4 Å². The summed E-state index contributed by atoms with van der Waals surface area (Å²) >= 11 is 3.55. The molecule has 5 nitrogen and oxygen atoms in total. The Morgan fingerprint density at radius 1 is 0.893 bits per heavy atom. The Hall–Kier alpha value is -2.86. The van der Waals surface area contributed by atoms with E-state index in [1.54, 1.807) is 0 Å². The van der Waals surface area contributed by atoms with Crippen LogP contribution in [0.2, 0.25) is 0 Å². The van der Waals surface area contributed by atoms with E-state index in [0.29, 0.717) is 13.1 Å². The van der Waals surface area contributed by atoms with E-state index < -0.39 is 0 Å². The number of aromatic nitrogens is 2. The number of carbonyl (C=O) groups is 1. The number of benzene rings is 2. The molecule has 1 amide bonds. The molecule has 4 aromatic rings. The minimum atomic E-state index is 0.100.